The minimum atomic E-state index is -0.322. The summed E-state index contributed by atoms with van der Waals surface area (Å²) in [5.74, 6) is -0.322. The smallest absolute Gasteiger partial charge is 0.229 e. The summed E-state index contributed by atoms with van der Waals surface area (Å²) in [6.45, 7) is 0. The number of oxime groups is 1. The van der Waals surface area contributed by atoms with Crippen LogP contribution in [-0.2, 0) is 4.79 Å². The summed E-state index contributed by atoms with van der Waals surface area (Å²) < 4.78 is 0. The number of nitrogens with one attached hydrogen (secondary N) is 1. The molecule has 4 nitrogen and oxygen atoms in total. The summed E-state index contributed by atoms with van der Waals surface area (Å²) in [5.41, 5.74) is 0.470. The SMILES string of the molecule is O=C(C/C=N\O)Nc1ccc(Cl)cc1Cl. The second kappa shape index (κ2) is 5.58. The van der Waals surface area contributed by atoms with E-state index >= 15 is 0 Å². The standard InChI is InChI=1S/C9H8Cl2N2O2/c10-6-1-2-8(7(11)5-6)13-9(14)3-4-12-15/h1-2,4-5,15H,3H2,(H,13,14)/b12-4-. The molecular weight excluding hydrogens is 239 g/mol. The molecule has 1 amide bonds. The first-order valence-corrected chi connectivity index (χ1v) is 4.80. The van der Waals surface area contributed by atoms with Crippen LogP contribution < -0.4 is 5.32 Å². The van der Waals surface area contributed by atoms with Gasteiger partial charge in [-0.3, -0.25) is 4.79 Å². The van der Waals surface area contributed by atoms with Crippen molar-refractivity contribution in [2.24, 2.45) is 5.16 Å². The van der Waals surface area contributed by atoms with Crippen LogP contribution in [0.1, 0.15) is 6.42 Å². The molecule has 80 valence electrons. The summed E-state index contributed by atoms with van der Waals surface area (Å²) in [5, 5.41) is 14.2. The highest BCUT2D eigenvalue weighted by Crippen LogP contribution is 2.25. The third-order valence-corrected chi connectivity index (χ3v) is 2.11. The van der Waals surface area contributed by atoms with E-state index in [0.717, 1.165) is 6.21 Å². The zero-order valence-electron chi connectivity index (χ0n) is 7.58. The fraction of sp³-hybridized carbons (Fsp3) is 0.111. The predicted octanol–water partition coefficient (Wildman–Crippen LogP) is 2.78. The topological polar surface area (TPSA) is 61.7 Å². The van der Waals surface area contributed by atoms with Crippen LogP contribution in [0.3, 0.4) is 0 Å². The summed E-state index contributed by atoms with van der Waals surface area (Å²) in [6, 6.07) is 4.74. The van der Waals surface area contributed by atoms with Gasteiger partial charge in [-0.2, -0.15) is 0 Å². The van der Waals surface area contributed by atoms with E-state index < -0.39 is 0 Å². The van der Waals surface area contributed by atoms with Crippen LogP contribution in [0.2, 0.25) is 10.0 Å². The Morgan fingerprint density at radius 2 is 2.27 bits per heavy atom. The molecule has 0 aliphatic heterocycles. The minimum Gasteiger partial charge on any atom is -0.411 e. The molecular formula is C9H8Cl2N2O2. The molecule has 0 bridgehead atoms. The molecule has 0 saturated heterocycles. The van der Waals surface area contributed by atoms with Crippen molar-refractivity contribution in [2.45, 2.75) is 6.42 Å². The number of carbonyl (C=O) groups excluding carboxylic acids is 1. The van der Waals surface area contributed by atoms with Gasteiger partial charge in [-0.15, -0.1) is 5.16 Å². The average Bonchev–Trinajstić information content (AvgIpc) is 2.19. The highest BCUT2D eigenvalue weighted by molar-refractivity contribution is 6.36. The first kappa shape index (κ1) is 11.8. The molecule has 0 aliphatic rings. The largest absolute Gasteiger partial charge is 0.411 e. The molecule has 1 aromatic rings. The van der Waals surface area contributed by atoms with Gasteiger partial charge in [0.05, 0.1) is 23.3 Å². The third kappa shape index (κ3) is 3.77. The van der Waals surface area contributed by atoms with Gasteiger partial charge in [-0.05, 0) is 18.2 Å². The van der Waals surface area contributed by atoms with Crippen molar-refractivity contribution in [3.8, 4) is 0 Å². The van der Waals surface area contributed by atoms with Crippen LogP contribution in [0.25, 0.3) is 0 Å². The van der Waals surface area contributed by atoms with E-state index in [9.17, 15) is 4.79 Å². The van der Waals surface area contributed by atoms with Crippen molar-refractivity contribution in [3.05, 3.63) is 28.2 Å². The van der Waals surface area contributed by atoms with Gasteiger partial charge >= 0.3 is 0 Å². The average molecular weight is 247 g/mol. The number of nitrogens with zero attached hydrogens (tertiary/aromatic N) is 1. The Morgan fingerprint density at radius 1 is 1.53 bits per heavy atom. The normalized spacial score (nSPS) is 10.5. The summed E-state index contributed by atoms with van der Waals surface area (Å²) in [7, 11) is 0. The van der Waals surface area contributed by atoms with Crippen LogP contribution >= 0.6 is 23.2 Å². The van der Waals surface area contributed by atoms with Crippen LogP contribution in [0.15, 0.2) is 23.4 Å². The molecule has 0 fully saturated rings. The fourth-order valence-electron chi connectivity index (χ4n) is 0.916. The second-order valence-electron chi connectivity index (χ2n) is 2.67. The van der Waals surface area contributed by atoms with Crippen molar-refractivity contribution in [1.82, 2.24) is 0 Å². The lowest BCUT2D eigenvalue weighted by Gasteiger charge is -2.05. The highest BCUT2D eigenvalue weighted by Gasteiger charge is 2.04. The van der Waals surface area contributed by atoms with E-state index in [2.05, 4.69) is 10.5 Å². The summed E-state index contributed by atoms with van der Waals surface area (Å²) >= 11 is 11.5. The second-order valence-corrected chi connectivity index (χ2v) is 3.52. The van der Waals surface area contributed by atoms with E-state index in [1.54, 1.807) is 12.1 Å². The zero-order valence-corrected chi connectivity index (χ0v) is 9.09. The number of rotatable bonds is 3. The van der Waals surface area contributed by atoms with Crippen LogP contribution in [0.4, 0.5) is 5.69 Å². The molecule has 0 unspecified atom stereocenters. The maximum atomic E-state index is 11.2. The maximum Gasteiger partial charge on any atom is 0.229 e. The lowest BCUT2D eigenvalue weighted by atomic mass is 10.3. The Kier molecular flexibility index (Phi) is 4.39. The Balaban J connectivity index is 2.68. The first-order chi connectivity index (χ1) is 7.13. The lowest BCUT2D eigenvalue weighted by molar-refractivity contribution is -0.115. The Morgan fingerprint density at radius 3 is 2.87 bits per heavy atom. The zero-order chi connectivity index (χ0) is 11.3. The molecule has 0 heterocycles. The van der Waals surface area contributed by atoms with Gasteiger partial charge in [-0.1, -0.05) is 23.2 Å². The molecule has 0 aliphatic carbocycles. The Bertz CT molecular complexity index is 394. The molecule has 2 N–H and O–H groups in total. The predicted molar refractivity (Wildman–Crippen MR) is 60.0 cm³/mol. The van der Waals surface area contributed by atoms with Gasteiger partial charge in [0.2, 0.25) is 5.91 Å². The molecule has 15 heavy (non-hydrogen) atoms. The third-order valence-electron chi connectivity index (χ3n) is 1.56. The van der Waals surface area contributed by atoms with Gasteiger partial charge in [0.1, 0.15) is 0 Å². The van der Waals surface area contributed by atoms with Crippen molar-refractivity contribution in [1.29, 1.82) is 0 Å². The van der Waals surface area contributed by atoms with Gasteiger partial charge in [-0.25, -0.2) is 0 Å². The van der Waals surface area contributed by atoms with E-state index in [1.165, 1.54) is 6.07 Å². The summed E-state index contributed by atoms with van der Waals surface area (Å²) in [4.78, 5) is 11.2. The van der Waals surface area contributed by atoms with Crippen LogP contribution in [-0.4, -0.2) is 17.3 Å². The molecule has 0 radical (unpaired) electrons. The lowest BCUT2D eigenvalue weighted by Crippen LogP contribution is -2.11. The van der Waals surface area contributed by atoms with Crippen molar-refractivity contribution >= 4 is 41.0 Å². The maximum absolute atomic E-state index is 11.2. The quantitative estimate of drug-likeness (QED) is 0.490. The minimum absolute atomic E-state index is 0.0184. The number of halogens is 2. The van der Waals surface area contributed by atoms with Gasteiger partial charge < -0.3 is 10.5 Å². The Hall–Kier alpha value is -1.26. The molecule has 6 heteroatoms. The van der Waals surface area contributed by atoms with Crippen molar-refractivity contribution in [3.63, 3.8) is 0 Å². The van der Waals surface area contributed by atoms with Crippen molar-refractivity contribution in [2.75, 3.05) is 5.32 Å². The number of anilines is 1. The molecule has 0 spiro atoms. The van der Waals surface area contributed by atoms with E-state index in [4.69, 9.17) is 28.4 Å². The number of hydrogen-bond donors (Lipinski definition) is 2. The number of benzene rings is 1. The van der Waals surface area contributed by atoms with E-state index in [-0.39, 0.29) is 12.3 Å². The van der Waals surface area contributed by atoms with Crippen molar-refractivity contribution < 1.29 is 10.0 Å². The fourth-order valence-corrected chi connectivity index (χ4v) is 1.37. The molecule has 1 rings (SSSR count). The Labute approximate surface area is 96.5 Å². The summed E-state index contributed by atoms with van der Waals surface area (Å²) in [6.07, 6.45) is 1.06. The van der Waals surface area contributed by atoms with Gasteiger partial charge in [0.15, 0.2) is 0 Å². The monoisotopic (exact) mass is 246 g/mol. The molecule has 1 aromatic carbocycles. The highest BCUT2D eigenvalue weighted by atomic mass is 35.5. The number of carbonyl (C=O) groups is 1. The van der Waals surface area contributed by atoms with Crippen LogP contribution in [0.5, 0.6) is 0 Å². The first-order valence-electron chi connectivity index (χ1n) is 4.04. The van der Waals surface area contributed by atoms with E-state index in [1.807, 2.05) is 0 Å². The van der Waals surface area contributed by atoms with E-state index in [0.29, 0.717) is 15.7 Å². The van der Waals surface area contributed by atoms with Crippen LogP contribution in [0, 0.1) is 0 Å². The number of amides is 1. The van der Waals surface area contributed by atoms with Gasteiger partial charge in [0.25, 0.3) is 0 Å². The van der Waals surface area contributed by atoms with Gasteiger partial charge in [0, 0.05) is 5.02 Å². The molecule has 0 aromatic heterocycles. The molecule has 0 saturated carbocycles. The molecule has 0 atom stereocenters. The number of hydrogen-bond acceptors (Lipinski definition) is 3.